The summed E-state index contributed by atoms with van der Waals surface area (Å²) < 4.78 is 28.6. The Labute approximate surface area is 92.8 Å². The van der Waals surface area contributed by atoms with Crippen LogP contribution in [0.1, 0.15) is 41.0 Å². The molecule has 92 valence electrons. The molecule has 0 aromatic heterocycles. The van der Waals surface area contributed by atoms with E-state index in [-0.39, 0.29) is 0 Å². The van der Waals surface area contributed by atoms with Crippen LogP contribution in [-0.4, -0.2) is 25.2 Å². The molecule has 0 heterocycles. The predicted octanol–water partition coefficient (Wildman–Crippen LogP) is 3.42. The lowest BCUT2D eigenvalue weighted by Crippen LogP contribution is -2.30. The molecular formula is C10H23O4P. The van der Waals surface area contributed by atoms with Crippen molar-refractivity contribution in [1.82, 2.24) is 0 Å². The normalized spacial score (nSPS) is 16.3. The van der Waals surface area contributed by atoms with E-state index in [1.165, 1.54) is 0 Å². The van der Waals surface area contributed by atoms with E-state index in [1.54, 1.807) is 20.8 Å². The van der Waals surface area contributed by atoms with Crippen LogP contribution in [0.5, 0.6) is 0 Å². The molecule has 0 bridgehead atoms. The van der Waals surface area contributed by atoms with Crippen LogP contribution < -0.4 is 0 Å². The van der Waals surface area contributed by atoms with E-state index in [2.05, 4.69) is 0 Å². The summed E-state index contributed by atoms with van der Waals surface area (Å²) in [5.41, 5.74) is 0. The molecule has 0 N–H and O–H groups in total. The Bertz CT molecular complexity index is 209. The lowest BCUT2D eigenvalue weighted by atomic mass is 10.3. The maximum Gasteiger partial charge on any atom is 0.361 e. The Kier molecular flexibility index (Phi) is 6.69. The quantitative estimate of drug-likeness (QED) is 0.608. The van der Waals surface area contributed by atoms with Crippen molar-refractivity contribution in [2.45, 2.75) is 46.4 Å². The van der Waals surface area contributed by atoms with Gasteiger partial charge in [0.25, 0.3) is 0 Å². The van der Waals surface area contributed by atoms with Gasteiger partial charge >= 0.3 is 7.60 Å². The summed E-state index contributed by atoms with van der Waals surface area (Å²) in [6, 6.07) is 0. The Hall–Kier alpha value is 0.110. The van der Waals surface area contributed by atoms with Crippen LogP contribution in [0.4, 0.5) is 0 Å². The summed E-state index contributed by atoms with van der Waals surface area (Å²) in [6.45, 7) is 10.4. The van der Waals surface area contributed by atoms with Gasteiger partial charge in [0.05, 0.1) is 13.2 Å². The summed E-state index contributed by atoms with van der Waals surface area (Å²) >= 11 is 0. The van der Waals surface area contributed by atoms with Crippen LogP contribution in [0.3, 0.4) is 0 Å². The second-order valence-electron chi connectivity index (χ2n) is 3.29. The summed E-state index contributed by atoms with van der Waals surface area (Å²) in [5.74, 6) is 0. The minimum atomic E-state index is -3.18. The van der Waals surface area contributed by atoms with E-state index >= 15 is 0 Å². The molecule has 0 aliphatic rings. The first-order chi connectivity index (χ1) is 6.99. The zero-order valence-corrected chi connectivity index (χ0v) is 11.3. The lowest BCUT2D eigenvalue weighted by molar-refractivity contribution is 0.00581. The fourth-order valence-electron chi connectivity index (χ4n) is 1.34. The van der Waals surface area contributed by atoms with Crippen molar-refractivity contribution >= 4 is 7.60 Å². The minimum absolute atomic E-state index is 0.361. The molecule has 0 spiro atoms. The fraction of sp³-hybridized carbons (Fsp3) is 1.00. The van der Waals surface area contributed by atoms with Gasteiger partial charge in [0.15, 0.2) is 5.34 Å². The highest BCUT2D eigenvalue weighted by molar-refractivity contribution is 7.55. The second kappa shape index (κ2) is 6.64. The Morgan fingerprint density at radius 1 is 1.00 bits per heavy atom. The third-order valence-electron chi connectivity index (χ3n) is 2.29. The molecule has 1 unspecified atom stereocenters. The molecule has 0 aromatic carbocycles. The summed E-state index contributed by atoms with van der Waals surface area (Å²) in [7, 11) is -3.18. The first-order valence-electron chi connectivity index (χ1n) is 5.52. The van der Waals surface area contributed by atoms with Crippen LogP contribution in [0, 0.1) is 0 Å². The summed E-state index contributed by atoms with van der Waals surface area (Å²) in [5, 5.41) is -0.840. The lowest BCUT2D eigenvalue weighted by Gasteiger charge is -2.34. The Balaban J connectivity index is 4.91. The second-order valence-corrected chi connectivity index (χ2v) is 5.75. The van der Waals surface area contributed by atoms with Gasteiger partial charge in [0.1, 0.15) is 0 Å². The first-order valence-corrected chi connectivity index (χ1v) is 7.07. The van der Waals surface area contributed by atoms with Gasteiger partial charge in [-0.2, -0.15) is 0 Å². The molecule has 0 radical (unpaired) electrons. The number of rotatable bonds is 8. The van der Waals surface area contributed by atoms with Gasteiger partial charge in [-0.15, -0.1) is 0 Å². The molecule has 0 fully saturated rings. The minimum Gasteiger partial charge on any atom is -0.363 e. The van der Waals surface area contributed by atoms with Crippen LogP contribution in [-0.2, 0) is 18.3 Å². The van der Waals surface area contributed by atoms with E-state index in [9.17, 15) is 4.57 Å². The molecule has 5 heteroatoms. The van der Waals surface area contributed by atoms with Crippen LogP contribution in [0.15, 0.2) is 0 Å². The zero-order valence-electron chi connectivity index (χ0n) is 10.4. The van der Waals surface area contributed by atoms with Gasteiger partial charge in [-0.25, -0.2) is 0 Å². The van der Waals surface area contributed by atoms with E-state index < -0.39 is 12.9 Å². The fourth-order valence-corrected chi connectivity index (χ4v) is 3.31. The van der Waals surface area contributed by atoms with Gasteiger partial charge < -0.3 is 13.8 Å². The van der Waals surface area contributed by atoms with E-state index in [0.29, 0.717) is 26.2 Å². The molecule has 0 aromatic rings. The SMILES string of the molecule is CCOC(C)(CC)P(=O)(OCC)OCC. The van der Waals surface area contributed by atoms with Crippen LogP contribution in [0.25, 0.3) is 0 Å². The molecule has 0 saturated carbocycles. The third-order valence-corrected chi connectivity index (χ3v) is 5.09. The molecule has 15 heavy (non-hydrogen) atoms. The molecule has 0 aliphatic heterocycles. The van der Waals surface area contributed by atoms with E-state index in [1.807, 2.05) is 13.8 Å². The highest BCUT2D eigenvalue weighted by atomic mass is 31.2. The number of ether oxygens (including phenoxy) is 1. The topological polar surface area (TPSA) is 44.8 Å². The molecule has 1 atom stereocenters. The average molecular weight is 238 g/mol. The van der Waals surface area contributed by atoms with Gasteiger partial charge in [-0.05, 0) is 34.1 Å². The van der Waals surface area contributed by atoms with E-state index in [0.717, 1.165) is 0 Å². The van der Waals surface area contributed by atoms with Gasteiger partial charge in [0.2, 0.25) is 0 Å². The first kappa shape index (κ1) is 15.1. The van der Waals surface area contributed by atoms with Crippen molar-refractivity contribution in [2.75, 3.05) is 19.8 Å². The maximum atomic E-state index is 12.5. The highest BCUT2D eigenvalue weighted by Gasteiger charge is 2.46. The smallest absolute Gasteiger partial charge is 0.361 e. The molecule has 0 saturated heterocycles. The number of hydrogen-bond donors (Lipinski definition) is 0. The summed E-state index contributed by atoms with van der Waals surface area (Å²) in [6.07, 6.45) is 0.595. The standard InChI is InChI=1S/C10H23O4P/c1-6-10(5,12-7-2)15(11,13-8-3)14-9-4/h6-9H2,1-5H3. The monoisotopic (exact) mass is 238 g/mol. The largest absolute Gasteiger partial charge is 0.363 e. The Morgan fingerprint density at radius 2 is 1.47 bits per heavy atom. The molecular weight excluding hydrogens is 215 g/mol. The third kappa shape index (κ3) is 3.56. The van der Waals surface area contributed by atoms with E-state index in [4.69, 9.17) is 13.8 Å². The maximum absolute atomic E-state index is 12.5. The van der Waals surface area contributed by atoms with Crippen molar-refractivity contribution < 1.29 is 18.3 Å². The molecule has 0 amide bonds. The van der Waals surface area contributed by atoms with Crippen molar-refractivity contribution in [3.05, 3.63) is 0 Å². The molecule has 0 rings (SSSR count). The zero-order chi connectivity index (χ0) is 11.9. The van der Waals surface area contributed by atoms with Crippen molar-refractivity contribution in [3.8, 4) is 0 Å². The summed E-state index contributed by atoms with van der Waals surface area (Å²) in [4.78, 5) is 0. The predicted molar refractivity (Wildman–Crippen MR) is 61.2 cm³/mol. The van der Waals surface area contributed by atoms with Gasteiger partial charge in [0, 0.05) is 6.61 Å². The van der Waals surface area contributed by atoms with Gasteiger partial charge in [-0.3, -0.25) is 4.57 Å². The highest BCUT2D eigenvalue weighted by Crippen LogP contribution is 2.61. The van der Waals surface area contributed by atoms with Crippen molar-refractivity contribution in [2.24, 2.45) is 0 Å². The van der Waals surface area contributed by atoms with Gasteiger partial charge in [-0.1, -0.05) is 6.92 Å². The average Bonchev–Trinajstić information content (AvgIpc) is 2.18. The van der Waals surface area contributed by atoms with Crippen LogP contribution in [0.2, 0.25) is 0 Å². The molecule has 4 nitrogen and oxygen atoms in total. The van der Waals surface area contributed by atoms with Crippen LogP contribution >= 0.6 is 7.60 Å². The Morgan fingerprint density at radius 3 is 1.73 bits per heavy atom. The molecule has 0 aliphatic carbocycles. The van der Waals surface area contributed by atoms with Crippen molar-refractivity contribution in [3.63, 3.8) is 0 Å². The number of hydrogen-bond acceptors (Lipinski definition) is 4. The van der Waals surface area contributed by atoms with Crippen molar-refractivity contribution in [1.29, 1.82) is 0 Å².